The van der Waals surface area contributed by atoms with Gasteiger partial charge in [0.05, 0.1) is 36.1 Å². The van der Waals surface area contributed by atoms with Crippen LogP contribution in [0.4, 0.5) is 0 Å². The smallest absolute Gasteiger partial charge is 0.228 e. The number of fused-ring (bicyclic) bond motifs is 6. The second-order valence-corrected chi connectivity index (χ2v) is 71.6. The van der Waals surface area contributed by atoms with Crippen molar-refractivity contribution >= 4 is 131 Å². The van der Waals surface area contributed by atoms with Gasteiger partial charge in [0.1, 0.15) is 64.9 Å². The number of Topliss-reactive ketones (excluding diaryl/α,β-unsaturated/α-hetero) is 1. The minimum atomic E-state index is -3.03. The van der Waals surface area contributed by atoms with Crippen molar-refractivity contribution in [3.05, 3.63) is 179 Å². The zero-order chi connectivity index (χ0) is 93.2. The number of hydrogen-bond acceptors (Lipinski definition) is 10. The van der Waals surface area contributed by atoms with Crippen LogP contribution in [-0.4, -0.2) is 182 Å². The molecule has 710 valence electrons. The number of benzene rings is 6. The first kappa shape index (κ1) is 100. The van der Waals surface area contributed by atoms with Gasteiger partial charge in [0.15, 0.2) is 70.6 Å². The number of ketones is 1. The Labute approximate surface area is 814 Å². The molecule has 18 fully saturated rings. The molecular weight excluding hydrogens is 1820 g/mol. The Hall–Kier alpha value is -2.73. The highest BCUT2D eigenvalue weighted by Gasteiger charge is 2.64. The Bertz CT molecular complexity index is 5120. The lowest BCUT2D eigenvalue weighted by Gasteiger charge is -2.50. The van der Waals surface area contributed by atoms with Gasteiger partial charge in [-0.25, -0.2) is 16.8 Å². The first-order valence-corrected chi connectivity index (χ1v) is 64.8. The summed E-state index contributed by atoms with van der Waals surface area (Å²) < 4.78 is 60.8. The van der Waals surface area contributed by atoms with Crippen LogP contribution in [0.5, 0.6) is 0 Å². The molecule has 18 bridgehead atoms. The number of carbonyl (C=O) groups is 2. The minimum absolute atomic E-state index is 0.00860. The molecular formula is C110H157NO8S11+6. The first-order chi connectivity index (χ1) is 60.9. The average Bonchev–Trinajstić information content (AvgIpc) is 0.726. The highest BCUT2D eigenvalue weighted by atomic mass is 32.2. The quantitative estimate of drug-likeness (QED) is 0.160. The fraction of sp³-hybridized carbons (Fsp3) is 0.655. The third-order valence-corrected chi connectivity index (χ3v) is 58.6. The lowest BCUT2D eigenvalue weighted by Crippen LogP contribution is -2.62. The van der Waals surface area contributed by atoms with Crippen molar-refractivity contribution in [3.8, 4) is 0 Å². The number of aliphatic hydroxyl groups is 1. The van der Waals surface area contributed by atoms with E-state index in [0.717, 1.165) is 67.7 Å². The van der Waals surface area contributed by atoms with Gasteiger partial charge in [-0.2, -0.15) is 23.5 Å². The van der Waals surface area contributed by atoms with E-state index in [0.29, 0.717) is 106 Å². The summed E-state index contributed by atoms with van der Waals surface area (Å²) in [5.74, 6) is 13.1. The molecule has 6 aromatic carbocycles. The van der Waals surface area contributed by atoms with Crippen molar-refractivity contribution < 1.29 is 35.7 Å². The van der Waals surface area contributed by atoms with Crippen LogP contribution in [0.1, 0.15) is 262 Å². The van der Waals surface area contributed by atoms with E-state index < -0.39 is 35.9 Å². The van der Waals surface area contributed by atoms with Gasteiger partial charge in [0.2, 0.25) is 5.91 Å². The van der Waals surface area contributed by atoms with E-state index >= 15 is 0 Å². The summed E-state index contributed by atoms with van der Waals surface area (Å²) in [6, 6.07) is 55.3. The Balaban J connectivity index is 0.000000114. The van der Waals surface area contributed by atoms with E-state index in [4.69, 9.17) is 0 Å². The Morgan fingerprint density at radius 1 is 0.338 bits per heavy atom. The Morgan fingerprint density at radius 2 is 0.623 bits per heavy atom. The summed E-state index contributed by atoms with van der Waals surface area (Å²) in [5, 5.41) is 17.3. The average molecular weight is 1970 g/mol. The van der Waals surface area contributed by atoms with Crippen molar-refractivity contribution in [2.45, 2.75) is 360 Å². The van der Waals surface area contributed by atoms with Crippen molar-refractivity contribution in [3.63, 3.8) is 0 Å². The number of nitrogens with zero attached hydrogens (tertiary/aromatic N) is 1. The third kappa shape index (κ3) is 22.8. The molecule has 17 unspecified atom stereocenters. The molecule has 0 spiro atoms. The summed E-state index contributed by atoms with van der Waals surface area (Å²) in [6.07, 6.45) is 17.9. The van der Waals surface area contributed by atoms with Gasteiger partial charge in [0.25, 0.3) is 0 Å². The number of rotatable bonds is 6. The van der Waals surface area contributed by atoms with Crippen LogP contribution in [-0.2, 0) is 138 Å². The predicted molar refractivity (Wildman–Crippen MR) is 568 cm³/mol. The van der Waals surface area contributed by atoms with E-state index in [2.05, 4.69) is 282 Å². The highest BCUT2D eigenvalue weighted by Crippen LogP contribution is 2.57. The Kier molecular flexibility index (Phi) is 30.1. The van der Waals surface area contributed by atoms with E-state index in [1.54, 1.807) is 11.3 Å². The molecule has 130 heavy (non-hydrogen) atoms. The largest absolute Gasteiger partial charge is 0.388 e. The van der Waals surface area contributed by atoms with Gasteiger partial charge < -0.3 is 10.0 Å². The van der Waals surface area contributed by atoms with E-state index in [9.17, 15) is 35.7 Å². The molecule has 9 nitrogen and oxygen atoms in total. The van der Waals surface area contributed by atoms with Gasteiger partial charge in [-0.3, -0.25) is 13.8 Å². The molecule has 17 atom stereocenters. The van der Waals surface area contributed by atoms with Crippen molar-refractivity contribution in [1.29, 1.82) is 0 Å². The van der Waals surface area contributed by atoms with Crippen LogP contribution in [0.3, 0.4) is 0 Å². The maximum Gasteiger partial charge on any atom is 0.228 e. The predicted octanol–water partition coefficient (Wildman–Crippen LogP) is 22.0. The lowest BCUT2D eigenvalue weighted by atomic mass is 9.70. The molecule has 0 radical (unpaired) electrons. The number of sulfone groups is 2. The van der Waals surface area contributed by atoms with Crippen molar-refractivity contribution in [2.24, 2.45) is 40.9 Å². The zero-order valence-electron chi connectivity index (χ0n) is 82.2. The van der Waals surface area contributed by atoms with Crippen LogP contribution >= 0.6 is 23.5 Å². The molecule has 12 saturated heterocycles. The summed E-state index contributed by atoms with van der Waals surface area (Å²) in [6.45, 7) is 47.5. The standard InChI is InChI=1S/C21H32NO3S2.C19H27OS.C19H25OS.C19H27S.C16H23O2S3.C16H23OS3/c1-20(2,3)15-7-9-16(10-8-15)26-17-11-22(19(23)21(4,5)6)12-18(26)14-27(24,25)13-17;2*1-19(2,3)14-4-6-15(7-5-14)21-16-9-12-8-13(11-16)18(20)17(21)10-12;1-19(2,3)15-4-6-16(7-5-15)20-17-9-13-8-14(11-17)12-18(20)10-13;1-16(2,3)12-4-6-13(7-5-12)20-14-8-19-9-15(20)11-21(17,18)10-14;1-16(2,3)12-4-6-13(7-5-12)20-14-8-18-9-15(20)11-19(17)10-14/h7-10,17-18H,11-14H2,1-6H3;4-7,12-13,16-18,20H,8-11H2,1-3H3;4-7,12-13,16-17H,8-11H2,1-3H3;4-7,13-14,17-18H,8-12H2,1-3H3;4-7,14-15H,8-11H2,1-3H3;4-7,14-15H,8-11H2,1-3H3/q6*+1. The van der Waals surface area contributed by atoms with Crippen LogP contribution in [0.2, 0.25) is 0 Å². The second kappa shape index (κ2) is 39.0. The molecule has 12 aliphatic heterocycles. The molecule has 1 N–H and O–H groups in total. The number of thioether (sulfide) groups is 2. The summed E-state index contributed by atoms with van der Waals surface area (Å²) >= 11 is 4.00. The third-order valence-electron chi connectivity index (χ3n) is 31.0. The van der Waals surface area contributed by atoms with Crippen LogP contribution in [0.15, 0.2) is 175 Å². The molecule has 18 aliphatic rings. The van der Waals surface area contributed by atoms with Gasteiger partial charge in [-0.05, 0) is 226 Å². The van der Waals surface area contributed by atoms with Crippen LogP contribution in [0, 0.1) is 40.9 Å². The molecule has 6 aliphatic carbocycles. The van der Waals surface area contributed by atoms with Crippen LogP contribution in [0.25, 0.3) is 0 Å². The first-order valence-electron chi connectivity index (χ1n) is 49.2. The molecule has 0 aromatic heterocycles. The van der Waals surface area contributed by atoms with E-state index in [1.165, 1.54) is 146 Å². The maximum absolute atomic E-state index is 12.8. The summed E-state index contributed by atoms with van der Waals surface area (Å²) in [7, 11) is -5.05. The fourth-order valence-corrected chi connectivity index (χ4v) is 58.2. The summed E-state index contributed by atoms with van der Waals surface area (Å²) in [4.78, 5) is 36.0. The molecule has 6 saturated carbocycles. The maximum atomic E-state index is 12.8. The fourth-order valence-electron chi connectivity index (χ4n) is 24.5. The molecule has 12 heterocycles. The van der Waals surface area contributed by atoms with E-state index in [1.807, 2.05) is 37.4 Å². The monoisotopic (exact) mass is 1970 g/mol. The van der Waals surface area contributed by atoms with Crippen molar-refractivity contribution in [1.82, 2.24) is 4.90 Å². The number of hydrogen-bond donors (Lipinski definition) is 1. The van der Waals surface area contributed by atoms with Gasteiger partial charge >= 0.3 is 0 Å². The van der Waals surface area contributed by atoms with Gasteiger partial charge in [-0.1, -0.05) is 218 Å². The molecule has 1 amide bonds. The number of aliphatic hydroxyl groups excluding tert-OH is 1. The minimum Gasteiger partial charge on any atom is -0.388 e. The topological polar surface area (TPSA) is 143 Å². The second-order valence-electron chi connectivity index (χ2n) is 48.5. The SMILES string of the molecule is CC(C)(C)C(=O)N1CC2CS(=O)(=O)CC(C1)[S+]2c1ccc(C(C)(C)C)cc1.CC(C)(C)c1ccc([S+]2C3CC4CC(C3)C(=O)C2C4)cc1.CC(C)(C)c1ccc([S+]2C3CC4CC(C3)C(O)C2C4)cc1.CC(C)(C)c1ccc([S+]2C3CC4CC(C3)CC2C4)cc1.CC(C)(C)c1ccc([S+]2C3CSCC2CS(=O)(=O)C3)cc1.CC(C)(C)c1ccc([S+]2C3CSCC2CS(=O)C3)cc1. The highest BCUT2D eigenvalue weighted by molar-refractivity contribution is 8.08. The van der Waals surface area contributed by atoms with Gasteiger partial charge in [0, 0.05) is 136 Å². The lowest BCUT2D eigenvalue weighted by molar-refractivity contribution is -0.139. The number of carbonyl (C=O) groups excluding carboxylic acids is 2. The van der Waals surface area contributed by atoms with Crippen molar-refractivity contribution in [2.75, 3.05) is 70.6 Å². The Morgan fingerprint density at radius 3 is 0.977 bits per heavy atom. The van der Waals surface area contributed by atoms with Gasteiger partial charge in [-0.15, -0.1) is 0 Å². The summed E-state index contributed by atoms with van der Waals surface area (Å²) in [5.41, 5.74) is 9.11. The molecule has 24 rings (SSSR count). The van der Waals surface area contributed by atoms with Crippen LogP contribution < -0.4 is 0 Å². The van der Waals surface area contributed by atoms with E-state index in [-0.39, 0.29) is 99.2 Å². The molecule has 6 aromatic rings. The normalized spacial score (nSPS) is 35.1. The molecule has 20 heteroatoms. The zero-order valence-corrected chi connectivity index (χ0v) is 91.2. The number of amides is 1.